The molecule has 0 atom stereocenters. The largest absolute Gasteiger partial charge is 0.385 e. The van der Waals surface area contributed by atoms with Gasteiger partial charge in [-0.1, -0.05) is 42.5 Å². The lowest BCUT2D eigenvalue weighted by Gasteiger charge is -2.28. The molecule has 0 spiro atoms. The molecule has 1 aromatic heterocycles. The molecule has 6 nitrogen and oxygen atoms in total. The van der Waals surface area contributed by atoms with Gasteiger partial charge in [0.05, 0.1) is 6.54 Å². The highest BCUT2D eigenvalue weighted by atomic mass is 32.1. The molecule has 0 aliphatic carbocycles. The molecular formula is C27H32FN3O3S. The number of rotatable bonds is 12. The van der Waals surface area contributed by atoms with Crippen molar-refractivity contribution in [1.29, 1.82) is 0 Å². The molecule has 0 bridgehead atoms. The van der Waals surface area contributed by atoms with E-state index in [9.17, 15) is 14.0 Å². The molecule has 3 amide bonds. The average Bonchev–Trinajstić information content (AvgIpc) is 3.27. The van der Waals surface area contributed by atoms with Gasteiger partial charge in [-0.2, -0.15) is 0 Å². The van der Waals surface area contributed by atoms with Crippen molar-refractivity contribution in [2.24, 2.45) is 0 Å². The molecule has 3 aromatic rings. The van der Waals surface area contributed by atoms with E-state index in [1.807, 2.05) is 48.7 Å². The Labute approximate surface area is 210 Å². The number of aryl methyl sites for hydroxylation is 1. The van der Waals surface area contributed by atoms with Gasteiger partial charge in [0.25, 0.3) is 0 Å². The van der Waals surface area contributed by atoms with Crippen LogP contribution < -0.4 is 5.32 Å². The molecule has 8 heteroatoms. The summed E-state index contributed by atoms with van der Waals surface area (Å²) in [5, 5.41) is 4.92. The first-order chi connectivity index (χ1) is 17.0. The van der Waals surface area contributed by atoms with E-state index in [4.69, 9.17) is 4.74 Å². The number of hydrogen-bond acceptors (Lipinski definition) is 4. The van der Waals surface area contributed by atoms with Crippen molar-refractivity contribution < 1.29 is 18.7 Å². The summed E-state index contributed by atoms with van der Waals surface area (Å²) in [6, 6.07) is 17.5. The minimum absolute atomic E-state index is 0.0596. The lowest BCUT2D eigenvalue weighted by atomic mass is 10.2. The smallest absolute Gasteiger partial charge is 0.318 e. The molecule has 1 N–H and O–H groups in total. The third kappa shape index (κ3) is 8.49. The van der Waals surface area contributed by atoms with Gasteiger partial charge in [-0.15, -0.1) is 11.3 Å². The monoisotopic (exact) mass is 497 g/mol. The molecule has 0 saturated carbocycles. The van der Waals surface area contributed by atoms with E-state index in [2.05, 4.69) is 5.32 Å². The highest BCUT2D eigenvalue weighted by Crippen LogP contribution is 2.20. The number of nitrogens with zero attached hydrogens (tertiary/aromatic N) is 2. The number of urea groups is 1. The third-order valence-corrected chi connectivity index (χ3v) is 6.63. The Hall–Kier alpha value is -3.23. The summed E-state index contributed by atoms with van der Waals surface area (Å²) in [5.41, 5.74) is 2.92. The van der Waals surface area contributed by atoms with Crippen molar-refractivity contribution in [3.8, 4) is 0 Å². The summed E-state index contributed by atoms with van der Waals surface area (Å²) in [7, 11) is 1.61. The Morgan fingerprint density at radius 1 is 0.971 bits per heavy atom. The second-order valence-electron chi connectivity index (χ2n) is 8.32. The molecule has 0 aliphatic heterocycles. The van der Waals surface area contributed by atoms with Crippen molar-refractivity contribution >= 4 is 23.3 Å². The van der Waals surface area contributed by atoms with Gasteiger partial charge in [-0.3, -0.25) is 4.79 Å². The summed E-state index contributed by atoms with van der Waals surface area (Å²) in [6.07, 6.45) is 0.616. The second-order valence-corrected chi connectivity index (χ2v) is 9.32. The summed E-state index contributed by atoms with van der Waals surface area (Å²) < 4.78 is 18.5. The van der Waals surface area contributed by atoms with Crippen LogP contribution in [0, 0.1) is 12.7 Å². The van der Waals surface area contributed by atoms with Crippen LogP contribution in [0.3, 0.4) is 0 Å². The third-order valence-electron chi connectivity index (χ3n) is 5.62. The highest BCUT2D eigenvalue weighted by Gasteiger charge is 2.22. The second kappa shape index (κ2) is 13.6. The maximum Gasteiger partial charge on any atom is 0.318 e. The van der Waals surface area contributed by atoms with Gasteiger partial charge in [0, 0.05) is 38.2 Å². The number of nitrogens with one attached hydrogen (secondary N) is 1. The summed E-state index contributed by atoms with van der Waals surface area (Å²) in [4.78, 5) is 30.8. The first kappa shape index (κ1) is 26.4. The molecule has 186 valence electrons. The number of carbonyl (C=O) groups excluding carboxylic acids is 2. The number of ether oxygens (including phenoxy) is 1. The minimum atomic E-state index is -0.319. The van der Waals surface area contributed by atoms with Crippen LogP contribution >= 0.6 is 11.3 Å². The molecule has 0 radical (unpaired) electrons. The van der Waals surface area contributed by atoms with Crippen molar-refractivity contribution in [3.63, 3.8) is 0 Å². The SMILES string of the molecule is COCCCN(CC(=O)N(Cc1ccc(F)cc1)Cc1sccc1C)C(=O)NCc1ccccc1. The zero-order chi connectivity index (χ0) is 25.0. The van der Waals surface area contributed by atoms with Crippen LogP contribution in [0.1, 0.15) is 28.0 Å². The number of carbonyl (C=O) groups is 2. The Balaban J connectivity index is 1.72. The normalized spacial score (nSPS) is 10.7. The van der Waals surface area contributed by atoms with Crippen LogP contribution in [-0.2, 0) is 29.2 Å². The molecule has 0 aliphatic rings. The van der Waals surface area contributed by atoms with Gasteiger partial charge in [-0.25, -0.2) is 9.18 Å². The van der Waals surface area contributed by atoms with Crippen molar-refractivity contribution in [2.45, 2.75) is 33.0 Å². The van der Waals surface area contributed by atoms with Crippen molar-refractivity contribution in [3.05, 3.63) is 93.4 Å². The van der Waals surface area contributed by atoms with Crippen LogP contribution in [0.4, 0.5) is 9.18 Å². The fourth-order valence-corrected chi connectivity index (χ4v) is 4.50. The number of methoxy groups -OCH3 is 1. The quantitative estimate of drug-likeness (QED) is 0.359. The van der Waals surface area contributed by atoms with Crippen LogP contribution in [0.2, 0.25) is 0 Å². The summed E-state index contributed by atoms with van der Waals surface area (Å²) >= 11 is 1.59. The zero-order valence-electron chi connectivity index (χ0n) is 20.2. The fraction of sp³-hybridized carbons (Fsp3) is 0.333. The topological polar surface area (TPSA) is 61.9 Å². The van der Waals surface area contributed by atoms with E-state index in [0.717, 1.165) is 21.6 Å². The number of thiophene rings is 1. The molecule has 3 rings (SSSR count). The van der Waals surface area contributed by atoms with Crippen molar-refractivity contribution in [2.75, 3.05) is 26.8 Å². The molecule has 0 unspecified atom stereocenters. The summed E-state index contributed by atoms with van der Waals surface area (Å²) in [5.74, 6) is -0.491. The van der Waals surface area contributed by atoms with Crippen LogP contribution in [0.25, 0.3) is 0 Å². The van der Waals surface area contributed by atoms with Gasteiger partial charge in [0.1, 0.15) is 12.4 Å². The lowest BCUT2D eigenvalue weighted by molar-refractivity contribution is -0.133. The van der Waals surface area contributed by atoms with Gasteiger partial charge in [0.15, 0.2) is 0 Å². The molecule has 2 aromatic carbocycles. The van der Waals surface area contributed by atoms with E-state index in [1.54, 1.807) is 35.5 Å². The average molecular weight is 498 g/mol. The fourth-order valence-electron chi connectivity index (χ4n) is 3.58. The predicted octanol–water partition coefficient (Wildman–Crippen LogP) is 4.97. The van der Waals surface area contributed by atoms with E-state index in [1.165, 1.54) is 17.0 Å². The highest BCUT2D eigenvalue weighted by molar-refractivity contribution is 7.10. The van der Waals surface area contributed by atoms with Crippen LogP contribution in [-0.4, -0.2) is 48.5 Å². The van der Waals surface area contributed by atoms with E-state index < -0.39 is 0 Å². The Kier molecular flexibility index (Phi) is 10.3. The molecule has 0 fully saturated rings. The van der Waals surface area contributed by atoms with Gasteiger partial charge in [0.2, 0.25) is 5.91 Å². The van der Waals surface area contributed by atoms with E-state index in [0.29, 0.717) is 39.2 Å². The molecule has 0 saturated heterocycles. The van der Waals surface area contributed by atoms with Crippen LogP contribution in [0.5, 0.6) is 0 Å². The predicted molar refractivity (Wildman–Crippen MR) is 136 cm³/mol. The lowest BCUT2D eigenvalue weighted by Crippen LogP contribution is -2.46. The number of amides is 3. The first-order valence-electron chi connectivity index (χ1n) is 11.6. The Morgan fingerprint density at radius 2 is 1.71 bits per heavy atom. The minimum Gasteiger partial charge on any atom is -0.385 e. The standard InChI is InChI=1S/C27H32FN3O3S/c1-21-13-16-35-25(21)19-31(18-23-9-11-24(28)12-10-23)26(32)20-30(14-6-15-34-2)27(33)29-17-22-7-4-3-5-8-22/h3-5,7-13,16H,6,14-15,17-20H2,1-2H3,(H,29,33). The summed E-state index contributed by atoms with van der Waals surface area (Å²) in [6.45, 7) is 3.97. The Bertz CT molecular complexity index is 1070. The van der Waals surface area contributed by atoms with Gasteiger partial charge in [-0.05, 0) is 53.6 Å². The van der Waals surface area contributed by atoms with Crippen LogP contribution in [0.15, 0.2) is 66.0 Å². The number of halogens is 1. The van der Waals surface area contributed by atoms with Crippen molar-refractivity contribution in [1.82, 2.24) is 15.1 Å². The molecule has 1 heterocycles. The maximum atomic E-state index is 13.5. The Morgan fingerprint density at radius 3 is 2.37 bits per heavy atom. The molecular weight excluding hydrogens is 465 g/mol. The van der Waals surface area contributed by atoms with Gasteiger partial charge < -0.3 is 19.9 Å². The van der Waals surface area contributed by atoms with E-state index >= 15 is 0 Å². The number of hydrogen-bond donors (Lipinski definition) is 1. The number of benzene rings is 2. The maximum absolute atomic E-state index is 13.5. The van der Waals surface area contributed by atoms with E-state index in [-0.39, 0.29) is 24.3 Å². The first-order valence-corrected chi connectivity index (χ1v) is 12.4. The van der Waals surface area contributed by atoms with Gasteiger partial charge >= 0.3 is 6.03 Å². The zero-order valence-corrected chi connectivity index (χ0v) is 21.0. The molecule has 35 heavy (non-hydrogen) atoms.